The second kappa shape index (κ2) is 8.60. The van der Waals surface area contributed by atoms with E-state index in [1.807, 2.05) is 72.8 Å². The van der Waals surface area contributed by atoms with Gasteiger partial charge in [0.1, 0.15) is 5.69 Å². The number of aryl methyl sites for hydroxylation is 1. The Hall–Kier alpha value is -3.66. The van der Waals surface area contributed by atoms with Crippen LogP contribution in [-0.2, 0) is 20.0 Å². The number of fused-ring (bicyclic) bond motifs is 1. The Balaban J connectivity index is 1.97. The van der Waals surface area contributed by atoms with E-state index in [9.17, 15) is 9.59 Å². The van der Waals surface area contributed by atoms with Crippen molar-refractivity contribution >= 4 is 16.7 Å². The third-order valence-electron chi connectivity index (χ3n) is 5.78. The normalized spacial score (nSPS) is 10.9. The number of benzene rings is 3. The van der Waals surface area contributed by atoms with E-state index in [1.54, 1.807) is 19.0 Å². The molecule has 4 heteroatoms. The molecule has 0 radical (unpaired) electrons. The third kappa shape index (κ3) is 3.77. The first kappa shape index (κ1) is 20.6. The summed E-state index contributed by atoms with van der Waals surface area (Å²) < 4.78 is 1.51. The lowest BCUT2D eigenvalue weighted by Crippen LogP contribution is -2.33. The first-order valence-corrected chi connectivity index (χ1v) is 10.5. The molecule has 1 amide bonds. The van der Waals surface area contributed by atoms with E-state index in [-0.39, 0.29) is 11.5 Å². The Morgan fingerprint density at radius 3 is 2.19 bits per heavy atom. The fourth-order valence-electron chi connectivity index (χ4n) is 4.17. The molecule has 0 fully saturated rings. The van der Waals surface area contributed by atoms with Crippen molar-refractivity contribution in [1.29, 1.82) is 0 Å². The topological polar surface area (TPSA) is 42.3 Å². The van der Waals surface area contributed by atoms with Gasteiger partial charge in [-0.3, -0.25) is 9.59 Å². The minimum atomic E-state index is -0.171. The van der Waals surface area contributed by atoms with Crippen molar-refractivity contribution < 1.29 is 4.79 Å². The van der Waals surface area contributed by atoms with Crippen LogP contribution in [0.3, 0.4) is 0 Å². The molecule has 156 valence electrons. The second-order valence-electron chi connectivity index (χ2n) is 7.79. The molecule has 0 N–H and O–H groups in total. The van der Waals surface area contributed by atoms with Gasteiger partial charge in [-0.1, -0.05) is 79.7 Å². The van der Waals surface area contributed by atoms with Gasteiger partial charge in [0, 0.05) is 31.6 Å². The van der Waals surface area contributed by atoms with Crippen molar-refractivity contribution in [2.45, 2.75) is 19.9 Å². The molecule has 1 aromatic heterocycles. The van der Waals surface area contributed by atoms with E-state index in [2.05, 4.69) is 13.0 Å². The van der Waals surface area contributed by atoms with Gasteiger partial charge in [0.15, 0.2) is 0 Å². The summed E-state index contributed by atoms with van der Waals surface area (Å²) in [6.45, 7) is 2.57. The number of rotatable bonds is 5. The van der Waals surface area contributed by atoms with Gasteiger partial charge in [-0.2, -0.15) is 0 Å². The molecule has 0 bridgehead atoms. The Labute approximate surface area is 182 Å². The Morgan fingerprint density at radius 2 is 1.48 bits per heavy atom. The lowest BCUT2D eigenvalue weighted by atomic mass is 9.92. The largest absolute Gasteiger partial charge is 0.336 e. The zero-order valence-corrected chi connectivity index (χ0v) is 18.1. The summed E-state index contributed by atoms with van der Waals surface area (Å²) in [5.74, 6) is -0.171. The van der Waals surface area contributed by atoms with Crippen molar-refractivity contribution in [3.05, 3.63) is 106 Å². The average molecular weight is 411 g/mol. The highest BCUT2D eigenvalue weighted by Gasteiger charge is 2.25. The number of nitrogens with zero attached hydrogens (tertiary/aromatic N) is 2. The van der Waals surface area contributed by atoms with E-state index in [0.29, 0.717) is 17.6 Å². The zero-order valence-electron chi connectivity index (χ0n) is 18.1. The monoisotopic (exact) mass is 410 g/mol. The fraction of sp³-hybridized carbons (Fsp3) is 0.185. The molecule has 0 aliphatic rings. The molecule has 0 aliphatic heterocycles. The van der Waals surface area contributed by atoms with Crippen LogP contribution < -0.4 is 5.56 Å². The van der Waals surface area contributed by atoms with Gasteiger partial charge in [-0.05, 0) is 34.6 Å². The van der Waals surface area contributed by atoms with Crippen LogP contribution in [0.4, 0.5) is 0 Å². The summed E-state index contributed by atoms with van der Waals surface area (Å²) in [7, 11) is 3.47. The smallest absolute Gasteiger partial charge is 0.271 e. The number of hydrogen-bond acceptors (Lipinski definition) is 2. The van der Waals surface area contributed by atoms with Crippen LogP contribution in [-0.4, -0.2) is 22.4 Å². The molecule has 0 aliphatic carbocycles. The summed E-state index contributed by atoms with van der Waals surface area (Å²) in [5, 5.41) is 1.43. The molecule has 0 saturated carbocycles. The summed E-state index contributed by atoms with van der Waals surface area (Å²) >= 11 is 0. The second-order valence-corrected chi connectivity index (χ2v) is 7.79. The number of hydrogen-bond donors (Lipinski definition) is 0. The molecule has 4 aromatic rings. The highest BCUT2D eigenvalue weighted by Crippen LogP contribution is 2.33. The lowest BCUT2D eigenvalue weighted by Gasteiger charge is -2.23. The first-order chi connectivity index (χ1) is 15.0. The molecule has 0 spiro atoms. The van der Waals surface area contributed by atoms with E-state index in [0.717, 1.165) is 34.1 Å². The highest BCUT2D eigenvalue weighted by atomic mass is 16.2. The van der Waals surface area contributed by atoms with Gasteiger partial charge in [-0.15, -0.1) is 0 Å². The number of carbonyl (C=O) groups is 1. The maximum Gasteiger partial charge on any atom is 0.271 e. The van der Waals surface area contributed by atoms with Gasteiger partial charge in [0.05, 0.1) is 0 Å². The van der Waals surface area contributed by atoms with Gasteiger partial charge in [0.25, 0.3) is 11.5 Å². The van der Waals surface area contributed by atoms with Crippen molar-refractivity contribution in [2.75, 3.05) is 7.05 Å². The molecule has 1 heterocycles. The predicted molar refractivity (Wildman–Crippen MR) is 126 cm³/mol. The molecule has 0 atom stereocenters. The summed E-state index contributed by atoms with van der Waals surface area (Å²) in [5.41, 5.74) is 4.26. The quantitative estimate of drug-likeness (QED) is 0.463. The summed E-state index contributed by atoms with van der Waals surface area (Å²) in [4.78, 5) is 28.6. The van der Waals surface area contributed by atoms with Gasteiger partial charge < -0.3 is 9.47 Å². The summed E-state index contributed by atoms with van der Waals surface area (Å²) in [6, 6.07) is 25.5. The molecule has 0 unspecified atom stereocenters. The van der Waals surface area contributed by atoms with Crippen LogP contribution >= 0.6 is 0 Å². The van der Waals surface area contributed by atoms with Crippen molar-refractivity contribution in [2.24, 2.45) is 7.05 Å². The molecule has 4 nitrogen and oxygen atoms in total. The van der Waals surface area contributed by atoms with Crippen LogP contribution in [0.1, 0.15) is 28.5 Å². The average Bonchev–Trinajstić information content (AvgIpc) is 2.81. The molecule has 0 saturated heterocycles. The Kier molecular flexibility index (Phi) is 5.72. The summed E-state index contributed by atoms with van der Waals surface area (Å²) in [6.07, 6.45) is 0.834. The number of amides is 1. The van der Waals surface area contributed by atoms with Gasteiger partial charge in [0.2, 0.25) is 0 Å². The fourth-order valence-corrected chi connectivity index (χ4v) is 4.17. The number of carbonyl (C=O) groups excluding carboxylic acids is 1. The lowest BCUT2D eigenvalue weighted by molar-refractivity contribution is 0.0775. The molecular formula is C27H26N2O2. The molecule has 3 aromatic carbocycles. The van der Waals surface area contributed by atoms with Crippen LogP contribution in [0.2, 0.25) is 0 Å². The molecule has 4 rings (SSSR count). The molecular weight excluding hydrogens is 384 g/mol. The molecule has 31 heavy (non-hydrogen) atoms. The Morgan fingerprint density at radius 1 is 0.871 bits per heavy atom. The van der Waals surface area contributed by atoms with E-state index in [1.165, 1.54) is 4.57 Å². The zero-order chi connectivity index (χ0) is 22.0. The minimum absolute atomic E-state index is 0.162. The number of pyridine rings is 1. The predicted octanol–water partition coefficient (Wildman–Crippen LogP) is 5.04. The van der Waals surface area contributed by atoms with E-state index >= 15 is 0 Å². The van der Waals surface area contributed by atoms with Crippen LogP contribution in [0.5, 0.6) is 0 Å². The maximum atomic E-state index is 13.7. The van der Waals surface area contributed by atoms with Crippen molar-refractivity contribution in [3.8, 4) is 11.1 Å². The van der Waals surface area contributed by atoms with E-state index in [4.69, 9.17) is 0 Å². The van der Waals surface area contributed by atoms with Crippen LogP contribution in [0, 0.1) is 0 Å². The Bertz CT molecular complexity index is 1310. The van der Waals surface area contributed by atoms with Crippen molar-refractivity contribution in [1.82, 2.24) is 9.47 Å². The number of aromatic nitrogens is 1. The minimum Gasteiger partial charge on any atom is -0.336 e. The van der Waals surface area contributed by atoms with Crippen molar-refractivity contribution in [3.63, 3.8) is 0 Å². The standard InChI is InChI=1S/C27H26N2O2/c1-4-20-14-8-9-15-21(20)24-22-16-10-11-17-23(22)26(30)29(3)25(24)27(31)28(2)18-19-12-6-5-7-13-19/h5-17H,4,18H2,1-3H3. The third-order valence-corrected chi connectivity index (χ3v) is 5.78. The van der Waals surface area contributed by atoms with Gasteiger partial charge >= 0.3 is 0 Å². The first-order valence-electron chi connectivity index (χ1n) is 10.5. The van der Waals surface area contributed by atoms with Crippen LogP contribution in [0.15, 0.2) is 83.7 Å². The highest BCUT2D eigenvalue weighted by molar-refractivity contribution is 6.08. The van der Waals surface area contributed by atoms with Crippen LogP contribution in [0.25, 0.3) is 21.9 Å². The van der Waals surface area contributed by atoms with Gasteiger partial charge in [-0.25, -0.2) is 0 Å². The van der Waals surface area contributed by atoms with E-state index < -0.39 is 0 Å². The maximum absolute atomic E-state index is 13.7. The SMILES string of the molecule is CCc1ccccc1-c1c(C(=O)N(C)Cc2ccccc2)n(C)c(=O)c2ccccc12.